The molecule has 3 nitrogen and oxygen atoms in total. The highest BCUT2D eigenvalue weighted by atomic mass is 16.5. The topological polar surface area (TPSA) is 30.5 Å². The average molecular weight is 229 g/mol. The van der Waals surface area contributed by atoms with Crippen LogP contribution in [0.2, 0.25) is 0 Å². The van der Waals surface area contributed by atoms with Crippen molar-refractivity contribution in [3.05, 3.63) is 0 Å². The summed E-state index contributed by atoms with van der Waals surface area (Å²) < 4.78 is 11.1. The monoisotopic (exact) mass is 229 g/mol. The molecule has 0 aromatic carbocycles. The summed E-state index contributed by atoms with van der Waals surface area (Å²) in [4.78, 5) is 0. The zero-order chi connectivity index (χ0) is 12.0. The highest BCUT2D eigenvalue weighted by molar-refractivity contribution is 4.97. The molecular formula is C13H27NO2. The Hall–Kier alpha value is -0.120. The third-order valence-electron chi connectivity index (χ3n) is 3.39. The minimum atomic E-state index is 0.240. The Labute approximate surface area is 99.9 Å². The van der Waals surface area contributed by atoms with Gasteiger partial charge in [-0.2, -0.15) is 0 Å². The molecule has 16 heavy (non-hydrogen) atoms. The standard InChI is InChI=1S/C13H27NO2/c1-5-7-8-10(3)14-11-9-12(16-6-2)13(11)15-4/h10-14H,5-9H2,1-4H3. The maximum atomic E-state index is 5.61. The smallest absolute Gasteiger partial charge is 0.0986 e. The fraction of sp³-hybridized carbons (Fsp3) is 1.00. The third kappa shape index (κ3) is 3.72. The van der Waals surface area contributed by atoms with Gasteiger partial charge in [-0.05, 0) is 26.7 Å². The van der Waals surface area contributed by atoms with Crippen LogP contribution in [-0.2, 0) is 9.47 Å². The van der Waals surface area contributed by atoms with E-state index >= 15 is 0 Å². The van der Waals surface area contributed by atoms with Crippen molar-refractivity contribution in [1.29, 1.82) is 0 Å². The SMILES string of the molecule is CCCCC(C)NC1CC(OCC)C1OC. The van der Waals surface area contributed by atoms with Crippen LogP contribution in [-0.4, -0.2) is 38.0 Å². The molecule has 0 aromatic heterocycles. The van der Waals surface area contributed by atoms with Gasteiger partial charge in [-0.15, -0.1) is 0 Å². The van der Waals surface area contributed by atoms with Crippen molar-refractivity contribution in [3.63, 3.8) is 0 Å². The van der Waals surface area contributed by atoms with E-state index < -0.39 is 0 Å². The highest BCUT2D eigenvalue weighted by Gasteiger charge is 2.42. The molecule has 0 amide bonds. The van der Waals surface area contributed by atoms with Crippen molar-refractivity contribution >= 4 is 0 Å². The summed E-state index contributed by atoms with van der Waals surface area (Å²) in [5.74, 6) is 0. The second-order valence-electron chi connectivity index (χ2n) is 4.75. The van der Waals surface area contributed by atoms with Gasteiger partial charge < -0.3 is 14.8 Å². The predicted octanol–water partition coefficient (Wildman–Crippen LogP) is 2.35. The lowest BCUT2D eigenvalue weighted by Gasteiger charge is -2.44. The number of unbranched alkanes of at least 4 members (excludes halogenated alkanes) is 1. The summed E-state index contributed by atoms with van der Waals surface area (Å²) in [5, 5.41) is 3.64. The van der Waals surface area contributed by atoms with E-state index in [0.717, 1.165) is 13.0 Å². The average Bonchev–Trinajstić information content (AvgIpc) is 2.25. The number of ether oxygens (including phenoxy) is 2. The lowest BCUT2D eigenvalue weighted by molar-refractivity contribution is -0.133. The first-order chi connectivity index (χ1) is 7.72. The second-order valence-corrected chi connectivity index (χ2v) is 4.75. The van der Waals surface area contributed by atoms with Crippen molar-refractivity contribution in [3.8, 4) is 0 Å². The summed E-state index contributed by atoms with van der Waals surface area (Å²) in [5.41, 5.74) is 0. The van der Waals surface area contributed by atoms with Gasteiger partial charge in [-0.3, -0.25) is 0 Å². The van der Waals surface area contributed by atoms with E-state index in [0.29, 0.717) is 18.2 Å². The van der Waals surface area contributed by atoms with Crippen molar-refractivity contribution in [2.24, 2.45) is 0 Å². The molecule has 0 spiro atoms. The van der Waals surface area contributed by atoms with E-state index in [1.807, 2.05) is 6.92 Å². The molecule has 0 saturated heterocycles. The largest absolute Gasteiger partial charge is 0.377 e. The highest BCUT2D eigenvalue weighted by Crippen LogP contribution is 2.27. The van der Waals surface area contributed by atoms with Crippen LogP contribution in [0.4, 0.5) is 0 Å². The lowest BCUT2D eigenvalue weighted by Crippen LogP contribution is -2.61. The third-order valence-corrected chi connectivity index (χ3v) is 3.39. The van der Waals surface area contributed by atoms with Crippen LogP contribution in [0.25, 0.3) is 0 Å². The zero-order valence-corrected chi connectivity index (χ0v) is 11.2. The molecule has 1 fully saturated rings. The molecule has 0 radical (unpaired) electrons. The van der Waals surface area contributed by atoms with Crippen LogP contribution in [0.3, 0.4) is 0 Å². The molecule has 0 heterocycles. The van der Waals surface area contributed by atoms with Crippen LogP contribution < -0.4 is 5.32 Å². The molecule has 1 aliphatic carbocycles. The summed E-state index contributed by atoms with van der Waals surface area (Å²) >= 11 is 0. The molecule has 96 valence electrons. The number of nitrogens with one attached hydrogen (secondary N) is 1. The number of methoxy groups -OCH3 is 1. The Morgan fingerprint density at radius 3 is 2.69 bits per heavy atom. The fourth-order valence-corrected chi connectivity index (χ4v) is 2.40. The summed E-state index contributed by atoms with van der Waals surface area (Å²) in [6.07, 6.45) is 5.44. The van der Waals surface area contributed by atoms with E-state index in [4.69, 9.17) is 9.47 Å². The van der Waals surface area contributed by atoms with Gasteiger partial charge >= 0.3 is 0 Å². The lowest BCUT2D eigenvalue weighted by atomic mass is 9.84. The van der Waals surface area contributed by atoms with E-state index in [9.17, 15) is 0 Å². The fourth-order valence-electron chi connectivity index (χ4n) is 2.40. The van der Waals surface area contributed by atoms with Crippen molar-refractivity contribution in [2.45, 2.75) is 70.7 Å². The normalized spacial score (nSPS) is 31.1. The van der Waals surface area contributed by atoms with Gasteiger partial charge in [0.15, 0.2) is 0 Å². The van der Waals surface area contributed by atoms with Crippen LogP contribution >= 0.6 is 0 Å². The Bertz CT molecular complexity index is 187. The van der Waals surface area contributed by atoms with E-state index in [-0.39, 0.29) is 6.10 Å². The molecule has 0 bridgehead atoms. The van der Waals surface area contributed by atoms with Gasteiger partial charge in [0.25, 0.3) is 0 Å². The first kappa shape index (κ1) is 13.9. The predicted molar refractivity (Wildman–Crippen MR) is 66.7 cm³/mol. The maximum absolute atomic E-state index is 5.61. The van der Waals surface area contributed by atoms with Crippen molar-refractivity contribution in [1.82, 2.24) is 5.32 Å². The number of hydrogen-bond donors (Lipinski definition) is 1. The quantitative estimate of drug-likeness (QED) is 0.693. The minimum Gasteiger partial charge on any atom is -0.377 e. The van der Waals surface area contributed by atoms with Crippen LogP contribution in [0.1, 0.15) is 46.5 Å². The zero-order valence-electron chi connectivity index (χ0n) is 11.2. The first-order valence-electron chi connectivity index (χ1n) is 6.63. The maximum Gasteiger partial charge on any atom is 0.0986 e. The van der Waals surface area contributed by atoms with Crippen LogP contribution in [0, 0.1) is 0 Å². The van der Waals surface area contributed by atoms with Gasteiger partial charge in [-0.1, -0.05) is 19.8 Å². The van der Waals surface area contributed by atoms with Crippen LogP contribution in [0.5, 0.6) is 0 Å². The number of hydrogen-bond acceptors (Lipinski definition) is 3. The first-order valence-corrected chi connectivity index (χ1v) is 6.63. The number of rotatable bonds is 8. The summed E-state index contributed by atoms with van der Waals surface area (Å²) in [7, 11) is 1.78. The van der Waals surface area contributed by atoms with Gasteiger partial charge in [0.05, 0.1) is 12.2 Å². The van der Waals surface area contributed by atoms with Crippen molar-refractivity contribution < 1.29 is 9.47 Å². The van der Waals surface area contributed by atoms with E-state index in [1.165, 1.54) is 19.3 Å². The molecule has 3 heteroatoms. The van der Waals surface area contributed by atoms with Gasteiger partial charge in [-0.25, -0.2) is 0 Å². The van der Waals surface area contributed by atoms with Gasteiger partial charge in [0.1, 0.15) is 0 Å². The van der Waals surface area contributed by atoms with Crippen LogP contribution in [0.15, 0.2) is 0 Å². The van der Waals surface area contributed by atoms with Gasteiger partial charge in [0.2, 0.25) is 0 Å². The Morgan fingerprint density at radius 1 is 1.38 bits per heavy atom. The van der Waals surface area contributed by atoms with Crippen molar-refractivity contribution in [2.75, 3.05) is 13.7 Å². The molecule has 4 atom stereocenters. The summed E-state index contributed by atoms with van der Waals surface area (Å²) in [6, 6.07) is 1.07. The molecule has 1 saturated carbocycles. The molecule has 1 aliphatic rings. The van der Waals surface area contributed by atoms with E-state index in [1.54, 1.807) is 7.11 Å². The molecule has 0 aliphatic heterocycles. The molecule has 4 unspecified atom stereocenters. The molecule has 1 rings (SSSR count). The minimum absolute atomic E-state index is 0.240. The molecular weight excluding hydrogens is 202 g/mol. The Kier molecular flexibility index (Phi) is 6.32. The second kappa shape index (κ2) is 7.25. The molecule has 1 N–H and O–H groups in total. The van der Waals surface area contributed by atoms with Gasteiger partial charge in [0, 0.05) is 25.8 Å². The molecule has 0 aromatic rings. The Morgan fingerprint density at radius 2 is 2.12 bits per heavy atom. The van der Waals surface area contributed by atoms with E-state index in [2.05, 4.69) is 19.2 Å². The Balaban J connectivity index is 2.23. The summed E-state index contributed by atoms with van der Waals surface area (Å²) in [6.45, 7) is 7.31.